The summed E-state index contributed by atoms with van der Waals surface area (Å²) in [6.07, 6.45) is 1.76. The van der Waals surface area contributed by atoms with Crippen molar-refractivity contribution in [3.05, 3.63) is 238 Å². The molecule has 262 valence electrons. The van der Waals surface area contributed by atoms with E-state index in [1.165, 1.54) is 54.1 Å². The molecule has 0 amide bonds. The molecule has 0 heterocycles. The molecule has 0 aliphatic heterocycles. The zero-order chi connectivity index (χ0) is 36.8. The summed E-state index contributed by atoms with van der Waals surface area (Å²) in [5.41, 5.74) is 5.22. The van der Waals surface area contributed by atoms with Crippen molar-refractivity contribution in [2.24, 2.45) is 0 Å². The lowest BCUT2D eigenvalue weighted by Gasteiger charge is -2.30. The Balaban J connectivity index is 1.37. The fourth-order valence-corrected chi connectivity index (χ4v) is 17.3. The average molecular weight is 863 g/mol. The third kappa shape index (κ3) is 7.22. The van der Waals surface area contributed by atoms with E-state index in [0.29, 0.717) is 0 Å². The molecule has 0 nitrogen and oxygen atoms in total. The molecule has 0 unspecified atom stereocenters. The maximum absolute atomic E-state index is 3.93. The van der Waals surface area contributed by atoms with Gasteiger partial charge in [-0.15, -0.1) is 0 Å². The van der Waals surface area contributed by atoms with Crippen LogP contribution in [0.25, 0.3) is 11.1 Å². The Morgan fingerprint density at radius 3 is 0.722 bits per heavy atom. The van der Waals surface area contributed by atoms with E-state index in [4.69, 9.17) is 0 Å². The molecular formula is C50H40Br2P2+2. The lowest BCUT2D eigenvalue weighted by atomic mass is 9.97. The second-order valence-corrected chi connectivity index (χ2v) is 22.4. The summed E-state index contributed by atoms with van der Waals surface area (Å²) in [6.45, 7) is 0. The summed E-state index contributed by atoms with van der Waals surface area (Å²) < 4.78 is 2.18. The Morgan fingerprint density at radius 1 is 0.278 bits per heavy atom. The van der Waals surface area contributed by atoms with E-state index in [1.807, 2.05) is 0 Å². The quantitative estimate of drug-likeness (QED) is 0.114. The molecule has 0 aliphatic rings. The van der Waals surface area contributed by atoms with E-state index in [2.05, 4.69) is 250 Å². The first kappa shape index (κ1) is 36.6. The second-order valence-electron chi connectivity index (χ2n) is 13.6. The van der Waals surface area contributed by atoms with Gasteiger partial charge in [-0.2, -0.15) is 0 Å². The SMILES string of the molecule is Brc1ccc(-c2ccc(Br)cc2C[P+](c2ccccc2)(c2ccccc2)c2ccccc2)c(C[P+](c2ccccc2)(c2ccccc2)c2ccccc2)c1. The number of rotatable bonds is 11. The summed E-state index contributed by atoms with van der Waals surface area (Å²) in [5.74, 6) is 0. The third-order valence-electron chi connectivity index (χ3n) is 10.4. The second kappa shape index (κ2) is 16.5. The molecule has 0 N–H and O–H groups in total. The molecule has 0 fully saturated rings. The van der Waals surface area contributed by atoms with Crippen LogP contribution in [0.15, 0.2) is 227 Å². The van der Waals surface area contributed by atoms with Crippen LogP contribution >= 0.6 is 46.4 Å². The predicted octanol–water partition coefficient (Wildman–Crippen LogP) is 11.9. The predicted molar refractivity (Wildman–Crippen MR) is 245 cm³/mol. The van der Waals surface area contributed by atoms with Gasteiger partial charge in [-0.05, 0) is 119 Å². The van der Waals surface area contributed by atoms with Crippen LogP contribution in [-0.2, 0) is 12.3 Å². The lowest BCUT2D eigenvalue weighted by molar-refractivity contribution is 1.33. The van der Waals surface area contributed by atoms with Crippen molar-refractivity contribution < 1.29 is 0 Å². The van der Waals surface area contributed by atoms with Gasteiger partial charge in [0.05, 0.1) is 12.3 Å². The van der Waals surface area contributed by atoms with Crippen molar-refractivity contribution in [2.75, 3.05) is 0 Å². The van der Waals surface area contributed by atoms with Gasteiger partial charge in [0.15, 0.2) is 0 Å². The maximum Gasteiger partial charge on any atom is 0.116 e. The molecule has 4 heteroatoms. The van der Waals surface area contributed by atoms with Gasteiger partial charge in [-0.1, -0.05) is 153 Å². The van der Waals surface area contributed by atoms with E-state index in [1.54, 1.807) is 0 Å². The normalized spacial score (nSPS) is 11.7. The Morgan fingerprint density at radius 2 is 0.500 bits per heavy atom. The zero-order valence-electron chi connectivity index (χ0n) is 29.8. The Hall–Kier alpha value is -4.42. The Kier molecular flexibility index (Phi) is 11.2. The summed E-state index contributed by atoms with van der Waals surface area (Å²) in [4.78, 5) is 0. The van der Waals surface area contributed by atoms with Crippen LogP contribution in [0.4, 0.5) is 0 Å². The highest BCUT2D eigenvalue weighted by atomic mass is 79.9. The highest BCUT2D eigenvalue weighted by Gasteiger charge is 2.48. The van der Waals surface area contributed by atoms with E-state index in [9.17, 15) is 0 Å². The fourth-order valence-electron chi connectivity index (χ4n) is 7.96. The molecule has 0 saturated heterocycles. The summed E-state index contributed by atoms with van der Waals surface area (Å²) in [7, 11) is -4.35. The minimum atomic E-state index is -2.17. The third-order valence-corrected chi connectivity index (χ3v) is 20.1. The van der Waals surface area contributed by atoms with Crippen molar-refractivity contribution in [3.8, 4) is 11.1 Å². The zero-order valence-corrected chi connectivity index (χ0v) is 34.8. The van der Waals surface area contributed by atoms with Crippen LogP contribution in [0.2, 0.25) is 0 Å². The highest BCUT2D eigenvalue weighted by molar-refractivity contribution is 9.10. The first-order chi connectivity index (χ1) is 26.6. The molecule has 0 aliphatic carbocycles. The topological polar surface area (TPSA) is 0 Å². The fraction of sp³-hybridized carbons (Fsp3) is 0.0400. The van der Waals surface area contributed by atoms with Crippen molar-refractivity contribution >= 4 is 78.2 Å². The lowest BCUT2D eigenvalue weighted by Crippen LogP contribution is -2.33. The first-order valence-corrected chi connectivity index (χ1v) is 23.8. The van der Waals surface area contributed by atoms with E-state index in [0.717, 1.165) is 21.3 Å². The summed E-state index contributed by atoms with van der Waals surface area (Å²) in [6, 6.07) is 81.2. The monoisotopic (exact) mass is 860 g/mol. The Labute approximate surface area is 337 Å². The summed E-state index contributed by atoms with van der Waals surface area (Å²) in [5, 5.41) is 8.29. The van der Waals surface area contributed by atoms with Gasteiger partial charge in [-0.3, -0.25) is 0 Å². The van der Waals surface area contributed by atoms with Crippen molar-refractivity contribution in [1.82, 2.24) is 0 Å². The molecule has 0 radical (unpaired) electrons. The number of halogens is 2. The van der Waals surface area contributed by atoms with E-state index in [-0.39, 0.29) is 0 Å². The van der Waals surface area contributed by atoms with Crippen LogP contribution in [0.1, 0.15) is 11.1 Å². The van der Waals surface area contributed by atoms with Gasteiger partial charge in [-0.25, -0.2) is 0 Å². The van der Waals surface area contributed by atoms with Crippen LogP contribution in [0.3, 0.4) is 0 Å². The molecule has 54 heavy (non-hydrogen) atoms. The standard InChI is InChI=1S/C50H40Br2P2/c51-41-31-33-49(39(35-41)37-53(43-19-7-1-8-20-43,44-21-9-2-10-22-44)45-23-11-3-12-24-45)50-34-32-42(52)36-40(50)38-54(46-25-13-4-14-26-46,47-27-15-5-16-28-47)48-29-17-6-18-30-48/h1-36H,37-38H2/q+2. The van der Waals surface area contributed by atoms with Crippen LogP contribution < -0.4 is 31.8 Å². The smallest absolute Gasteiger partial charge is 0.0620 e. The molecule has 0 saturated carbocycles. The molecule has 0 spiro atoms. The van der Waals surface area contributed by atoms with Gasteiger partial charge >= 0.3 is 0 Å². The molecule has 0 atom stereocenters. The van der Waals surface area contributed by atoms with Crippen LogP contribution in [0.5, 0.6) is 0 Å². The Bertz CT molecular complexity index is 2070. The molecule has 8 aromatic carbocycles. The first-order valence-electron chi connectivity index (χ1n) is 18.2. The van der Waals surface area contributed by atoms with Gasteiger partial charge in [0.25, 0.3) is 0 Å². The highest BCUT2D eigenvalue weighted by Crippen LogP contribution is 2.61. The van der Waals surface area contributed by atoms with Crippen molar-refractivity contribution in [3.63, 3.8) is 0 Å². The maximum atomic E-state index is 3.93. The van der Waals surface area contributed by atoms with Crippen molar-refractivity contribution in [1.29, 1.82) is 0 Å². The van der Waals surface area contributed by atoms with Crippen LogP contribution in [0, 0.1) is 0 Å². The minimum Gasteiger partial charge on any atom is -0.0620 e. The minimum absolute atomic E-state index is 0.881. The average Bonchev–Trinajstić information content (AvgIpc) is 3.24. The molecule has 8 rings (SSSR count). The molecule has 0 aromatic heterocycles. The number of hydrogen-bond donors (Lipinski definition) is 0. The molecular weight excluding hydrogens is 822 g/mol. The number of benzene rings is 8. The molecule has 8 aromatic rings. The van der Waals surface area contributed by atoms with Gasteiger partial charge in [0.2, 0.25) is 0 Å². The van der Waals surface area contributed by atoms with E-state index < -0.39 is 14.5 Å². The number of hydrogen-bond acceptors (Lipinski definition) is 0. The van der Waals surface area contributed by atoms with Crippen molar-refractivity contribution in [2.45, 2.75) is 12.3 Å². The molecule has 0 bridgehead atoms. The largest absolute Gasteiger partial charge is 0.116 e. The summed E-state index contributed by atoms with van der Waals surface area (Å²) >= 11 is 7.85. The van der Waals surface area contributed by atoms with Crippen LogP contribution in [-0.4, -0.2) is 0 Å². The van der Waals surface area contributed by atoms with Gasteiger partial charge in [0, 0.05) is 8.95 Å². The van der Waals surface area contributed by atoms with Gasteiger partial charge < -0.3 is 0 Å². The van der Waals surface area contributed by atoms with Gasteiger partial charge in [0.1, 0.15) is 46.4 Å². The van der Waals surface area contributed by atoms with E-state index >= 15 is 0 Å².